The molecule has 1 fully saturated rings. The maximum absolute atomic E-state index is 11.4. The van der Waals surface area contributed by atoms with Crippen molar-refractivity contribution in [3.63, 3.8) is 0 Å². The Balaban J connectivity index is 2.34. The van der Waals surface area contributed by atoms with Crippen LogP contribution < -0.4 is 10.3 Å². The minimum Gasteiger partial charge on any atom is -0.348 e. The average Bonchev–Trinajstić information content (AvgIpc) is 2.38. The number of piperazine rings is 1. The summed E-state index contributed by atoms with van der Waals surface area (Å²) in [6.45, 7) is 3.15. The van der Waals surface area contributed by atoms with Crippen molar-refractivity contribution in [1.29, 1.82) is 0 Å². The number of hydrogen-bond acceptors (Lipinski definition) is 8. The second-order valence-corrected chi connectivity index (χ2v) is 4.95. The van der Waals surface area contributed by atoms with Crippen molar-refractivity contribution in [2.75, 3.05) is 57.6 Å². The Morgan fingerprint density at radius 2 is 1.95 bits per heavy atom. The number of nitrogens with zero attached hydrogens (tertiary/aromatic N) is 6. The molecule has 0 spiro atoms. The molecule has 0 aromatic carbocycles. The second-order valence-electron chi connectivity index (χ2n) is 4.95. The number of hydrazine groups is 1. The van der Waals surface area contributed by atoms with E-state index in [0.717, 1.165) is 26.2 Å². The lowest BCUT2D eigenvalue weighted by Gasteiger charge is -2.32. The fraction of sp³-hybridized carbons (Fsp3) is 0.636. The Hall–Kier alpha value is -2.00. The van der Waals surface area contributed by atoms with E-state index < -0.39 is 4.92 Å². The zero-order valence-electron chi connectivity index (χ0n) is 11.9. The molecular formula is C11H19N7O2. The summed E-state index contributed by atoms with van der Waals surface area (Å²) in [5, 5.41) is 13.0. The van der Waals surface area contributed by atoms with Crippen LogP contribution in [0.4, 0.5) is 17.3 Å². The van der Waals surface area contributed by atoms with Crippen molar-refractivity contribution >= 4 is 17.3 Å². The van der Waals surface area contributed by atoms with Gasteiger partial charge in [-0.15, -0.1) is 0 Å². The fourth-order valence-corrected chi connectivity index (χ4v) is 2.08. The van der Waals surface area contributed by atoms with Crippen LogP contribution in [0.5, 0.6) is 0 Å². The third-order valence-corrected chi connectivity index (χ3v) is 3.12. The lowest BCUT2D eigenvalue weighted by atomic mass is 10.3. The van der Waals surface area contributed by atoms with Crippen LogP contribution >= 0.6 is 0 Å². The molecule has 110 valence electrons. The van der Waals surface area contributed by atoms with E-state index in [1.165, 1.54) is 6.33 Å². The number of nitrogens with one attached hydrogen (secondary N) is 1. The normalized spacial score (nSPS) is 16.5. The van der Waals surface area contributed by atoms with Crippen LogP contribution in [0.15, 0.2) is 6.33 Å². The zero-order chi connectivity index (χ0) is 14.7. The van der Waals surface area contributed by atoms with E-state index >= 15 is 0 Å². The van der Waals surface area contributed by atoms with Crippen molar-refractivity contribution < 1.29 is 4.92 Å². The van der Waals surface area contributed by atoms with Gasteiger partial charge in [-0.2, -0.15) is 0 Å². The van der Waals surface area contributed by atoms with Gasteiger partial charge in [0.1, 0.15) is 6.33 Å². The van der Waals surface area contributed by atoms with Gasteiger partial charge in [0.25, 0.3) is 0 Å². The molecule has 0 saturated carbocycles. The summed E-state index contributed by atoms with van der Waals surface area (Å²) >= 11 is 0. The Bertz CT molecular complexity index is 486. The molecule has 9 heteroatoms. The number of nitro groups is 1. The van der Waals surface area contributed by atoms with Crippen LogP contribution in [0.3, 0.4) is 0 Å². The van der Waals surface area contributed by atoms with Crippen LogP contribution in [-0.4, -0.2) is 72.1 Å². The maximum atomic E-state index is 11.4. The number of anilines is 2. The van der Waals surface area contributed by atoms with Gasteiger partial charge < -0.3 is 9.80 Å². The largest absolute Gasteiger partial charge is 0.354 e. The predicted octanol–water partition coefficient (Wildman–Crippen LogP) is 0.0251. The first-order valence-corrected chi connectivity index (χ1v) is 6.36. The Morgan fingerprint density at radius 1 is 1.30 bits per heavy atom. The minimum atomic E-state index is -0.431. The van der Waals surface area contributed by atoms with E-state index in [0.29, 0.717) is 5.82 Å². The molecule has 1 saturated heterocycles. The molecule has 2 rings (SSSR count). The molecule has 0 atom stereocenters. The second kappa shape index (κ2) is 5.97. The third kappa shape index (κ3) is 3.11. The molecule has 1 aliphatic rings. The highest BCUT2D eigenvalue weighted by Gasteiger charge is 2.28. The van der Waals surface area contributed by atoms with Gasteiger partial charge in [-0.3, -0.25) is 15.5 Å². The first-order chi connectivity index (χ1) is 9.49. The highest BCUT2D eigenvalue weighted by molar-refractivity contribution is 5.70. The minimum absolute atomic E-state index is 0.0780. The van der Waals surface area contributed by atoms with Crippen molar-refractivity contribution in [3.05, 3.63) is 16.4 Å². The number of rotatable bonds is 4. The molecule has 1 N–H and O–H groups in total. The fourth-order valence-electron chi connectivity index (χ4n) is 2.08. The Kier molecular flexibility index (Phi) is 4.30. The monoisotopic (exact) mass is 281 g/mol. The SMILES string of the molecule is CN1CCN(c2ncnc(NN(C)C)c2[N+](=O)[O-])CC1. The van der Waals surface area contributed by atoms with E-state index in [4.69, 9.17) is 0 Å². The third-order valence-electron chi connectivity index (χ3n) is 3.12. The summed E-state index contributed by atoms with van der Waals surface area (Å²) in [5.41, 5.74) is 2.77. The maximum Gasteiger partial charge on any atom is 0.354 e. The molecule has 0 aliphatic carbocycles. The highest BCUT2D eigenvalue weighted by atomic mass is 16.6. The van der Waals surface area contributed by atoms with Crippen molar-refractivity contribution in [2.45, 2.75) is 0 Å². The summed E-state index contributed by atoms with van der Waals surface area (Å²) in [4.78, 5) is 23.1. The summed E-state index contributed by atoms with van der Waals surface area (Å²) < 4.78 is 0. The summed E-state index contributed by atoms with van der Waals surface area (Å²) in [6.07, 6.45) is 1.35. The van der Waals surface area contributed by atoms with Gasteiger partial charge >= 0.3 is 5.69 Å². The smallest absolute Gasteiger partial charge is 0.348 e. The van der Waals surface area contributed by atoms with Gasteiger partial charge in [0.2, 0.25) is 11.6 Å². The summed E-state index contributed by atoms with van der Waals surface area (Å²) in [7, 11) is 5.54. The van der Waals surface area contributed by atoms with E-state index in [9.17, 15) is 10.1 Å². The lowest BCUT2D eigenvalue weighted by Crippen LogP contribution is -2.45. The van der Waals surface area contributed by atoms with Gasteiger partial charge in [0, 0.05) is 40.3 Å². The molecule has 9 nitrogen and oxygen atoms in total. The van der Waals surface area contributed by atoms with E-state index in [1.807, 2.05) is 11.9 Å². The van der Waals surface area contributed by atoms with Crippen molar-refractivity contribution in [3.8, 4) is 0 Å². The molecule has 1 aromatic heterocycles. The average molecular weight is 281 g/mol. The molecule has 0 unspecified atom stereocenters. The number of likely N-dealkylation sites (N-methyl/N-ethyl adjacent to an activating group) is 1. The number of aromatic nitrogens is 2. The quantitative estimate of drug-likeness (QED) is 0.610. The van der Waals surface area contributed by atoms with E-state index in [2.05, 4.69) is 20.3 Å². The summed E-state index contributed by atoms with van der Waals surface area (Å²) in [6, 6.07) is 0. The Morgan fingerprint density at radius 3 is 2.50 bits per heavy atom. The Labute approximate surface area is 117 Å². The van der Waals surface area contributed by atoms with Crippen LogP contribution in [-0.2, 0) is 0 Å². The van der Waals surface area contributed by atoms with Gasteiger partial charge in [-0.25, -0.2) is 15.0 Å². The predicted molar refractivity (Wildman–Crippen MR) is 75.7 cm³/mol. The van der Waals surface area contributed by atoms with Crippen LogP contribution in [0.25, 0.3) is 0 Å². The molecule has 0 amide bonds. The molecule has 0 bridgehead atoms. The van der Waals surface area contributed by atoms with Crippen LogP contribution in [0.1, 0.15) is 0 Å². The van der Waals surface area contributed by atoms with Gasteiger partial charge in [0.05, 0.1) is 4.92 Å². The van der Waals surface area contributed by atoms with Gasteiger partial charge in [-0.05, 0) is 7.05 Å². The van der Waals surface area contributed by atoms with Crippen molar-refractivity contribution in [1.82, 2.24) is 19.9 Å². The van der Waals surface area contributed by atoms with Crippen LogP contribution in [0.2, 0.25) is 0 Å². The zero-order valence-corrected chi connectivity index (χ0v) is 11.9. The molecular weight excluding hydrogens is 262 g/mol. The van der Waals surface area contributed by atoms with Gasteiger partial charge in [-0.1, -0.05) is 0 Å². The lowest BCUT2D eigenvalue weighted by molar-refractivity contribution is -0.383. The van der Waals surface area contributed by atoms with Crippen molar-refractivity contribution in [2.24, 2.45) is 0 Å². The molecule has 20 heavy (non-hydrogen) atoms. The van der Waals surface area contributed by atoms with Crippen LogP contribution in [0, 0.1) is 10.1 Å². The number of hydrogen-bond donors (Lipinski definition) is 1. The molecule has 2 heterocycles. The standard InChI is InChI=1S/C11H19N7O2/c1-15(2)14-10-9(18(19)20)11(13-8-12-10)17-6-4-16(3)5-7-17/h8H,4-7H2,1-3H3,(H,12,13,14). The first kappa shape index (κ1) is 14.4. The van der Waals surface area contributed by atoms with E-state index in [1.54, 1.807) is 19.1 Å². The van der Waals surface area contributed by atoms with E-state index in [-0.39, 0.29) is 11.5 Å². The highest BCUT2D eigenvalue weighted by Crippen LogP contribution is 2.32. The first-order valence-electron chi connectivity index (χ1n) is 6.36. The topological polar surface area (TPSA) is 90.7 Å². The molecule has 1 aromatic rings. The van der Waals surface area contributed by atoms with Gasteiger partial charge in [0.15, 0.2) is 0 Å². The molecule has 0 radical (unpaired) electrons. The summed E-state index contributed by atoms with van der Waals surface area (Å²) in [5.74, 6) is 0.589. The molecule has 1 aliphatic heterocycles.